The molecule has 1 nitrogen and oxygen atoms in total. The van der Waals surface area contributed by atoms with E-state index in [0.29, 0.717) is 0 Å². The second-order valence-electron chi connectivity index (χ2n) is 17.1. The van der Waals surface area contributed by atoms with Crippen LogP contribution in [0.1, 0.15) is 22.3 Å². The first kappa shape index (κ1) is 39.1. The lowest BCUT2D eigenvalue weighted by molar-refractivity contribution is 0.768. The molecular formula is C65H45N. The summed E-state index contributed by atoms with van der Waals surface area (Å²) in [6.45, 7) is 0. The van der Waals surface area contributed by atoms with Crippen LogP contribution in [0.4, 0.5) is 17.1 Å². The molecule has 0 N–H and O–H groups in total. The average Bonchev–Trinajstić information content (AvgIpc) is 3.71. The van der Waals surface area contributed by atoms with Crippen LogP contribution in [0.25, 0.3) is 66.4 Å². The Morgan fingerprint density at radius 1 is 0.258 bits per heavy atom. The molecule has 0 atom stereocenters. The lowest BCUT2D eigenvalue weighted by Crippen LogP contribution is -2.28. The van der Waals surface area contributed by atoms with Gasteiger partial charge in [0.25, 0.3) is 0 Å². The molecule has 11 aromatic carbocycles. The van der Waals surface area contributed by atoms with E-state index < -0.39 is 5.41 Å². The van der Waals surface area contributed by atoms with E-state index in [2.05, 4.69) is 278 Å². The Hall–Kier alpha value is -8.52. The molecule has 0 bridgehead atoms. The second kappa shape index (κ2) is 16.6. The summed E-state index contributed by atoms with van der Waals surface area (Å²) in [5.74, 6) is 0. The van der Waals surface area contributed by atoms with E-state index in [1.165, 1.54) is 88.7 Å². The van der Waals surface area contributed by atoms with Crippen molar-refractivity contribution in [3.8, 4) is 55.6 Å². The first-order chi connectivity index (χ1) is 32.8. The van der Waals surface area contributed by atoms with Gasteiger partial charge < -0.3 is 4.90 Å². The Morgan fingerprint density at radius 3 is 1.38 bits per heavy atom. The molecule has 0 fully saturated rings. The number of hydrogen-bond donors (Lipinski definition) is 0. The van der Waals surface area contributed by atoms with Crippen LogP contribution in [0, 0.1) is 0 Å². The maximum atomic E-state index is 2.54. The molecule has 11 aromatic rings. The van der Waals surface area contributed by atoms with Crippen molar-refractivity contribution in [2.45, 2.75) is 5.41 Å². The molecule has 0 aliphatic heterocycles. The molecule has 1 aliphatic carbocycles. The van der Waals surface area contributed by atoms with Crippen LogP contribution >= 0.6 is 0 Å². The number of rotatable bonds is 9. The molecule has 0 radical (unpaired) electrons. The van der Waals surface area contributed by atoms with Gasteiger partial charge in [-0.05, 0) is 102 Å². The second-order valence-corrected chi connectivity index (χ2v) is 17.1. The van der Waals surface area contributed by atoms with Gasteiger partial charge in [0.1, 0.15) is 0 Å². The number of fused-ring (bicyclic) bond motifs is 4. The molecule has 1 heteroatoms. The van der Waals surface area contributed by atoms with E-state index in [1.807, 2.05) is 0 Å². The smallest absolute Gasteiger partial charge is 0.0714 e. The summed E-state index contributed by atoms with van der Waals surface area (Å²) in [4.78, 5) is 2.54. The van der Waals surface area contributed by atoms with Gasteiger partial charge in [0.05, 0.1) is 16.8 Å². The third-order valence-electron chi connectivity index (χ3n) is 13.6. The maximum Gasteiger partial charge on any atom is 0.0714 e. The lowest BCUT2D eigenvalue weighted by atomic mass is 9.68. The van der Waals surface area contributed by atoms with Crippen LogP contribution in [-0.2, 0) is 5.41 Å². The van der Waals surface area contributed by atoms with E-state index in [-0.39, 0.29) is 0 Å². The molecule has 0 saturated carbocycles. The molecule has 0 heterocycles. The van der Waals surface area contributed by atoms with Gasteiger partial charge in [0, 0.05) is 16.8 Å². The van der Waals surface area contributed by atoms with E-state index in [1.54, 1.807) is 0 Å². The third-order valence-corrected chi connectivity index (χ3v) is 13.6. The summed E-state index contributed by atoms with van der Waals surface area (Å²) in [5, 5.41) is 2.48. The molecular weight excluding hydrogens is 795 g/mol. The van der Waals surface area contributed by atoms with Crippen LogP contribution in [0.3, 0.4) is 0 Å². The van der Waals surface area contributed by atoms with E-state index >= 15 is 0 Å². The van der Waals surface area contributed by atoms with E-state index in [4.69, 9.17) is 0 Å². The molecule has 66 heavy (non-hydrogen) atoms. The van der Waals surface area contributed by atoms with Gasteiger partial charge in [0.2, 0.25) is 0 Å². The van der Waals surface area contributed by atoms with Crippen molar-refractivity contribution in [3.63, 3.8) is 0 Å². The van der Waals surface area contributed by atoms with Crippen molar-refractivity contribution in [3.05, 3.63) is 295 Å². The minimum absolute atomic E-state index is 0.553. The zero-order chi connectivity index (χ0) is 43.9. The Morgan fingerprint density at radius 2 is 0.697 bits per heavy atom. The van der Waals surface area contributed by atoms with Gasteiger partial charge in [0.15, 0.2) is 0 Å². The van der Waals surface area contributed by atoms with Gasteiger partial charge in [-0.3, -0.25) is 0 Å². The van der Waals surface area contributed by atoms with Gasteiger partial charge in [-0.25, -0.2) is 0 Å². The van der Waals surface area contributed by atoms with Crippen molar-refractivity contribution in [2.24, 2.45) is 0 Å². The van der Waals surface area contributed by atoms with Crippen LogP contribution in [0.2, 0.25) is 0 Å². The highest BCUT2D eigenvalue weighted by Gasteiger charge is 2.47. The Balaban J connectivity index is 1.18. The predicted octanol–water partition coefficient (Wildman–Crippen LogP) is 17.3. The summed E-state index contributed by atoms with van der Waals surface area (Å²) in [6, 6.07) is 100. The standard InChI is InChI=1S/C65H45N/c1-5-22-46(23-6-1)55-33-15-16-34-57(55)63-56(48-24-7-2-8-25-48)37-20-40-61(63)66(52-44-42-49(43-45-52)54-36-19-27-47-26-13-14-32-53(47)54)62-41-21-39-60-64(62)58-35-17-18-38-59(58)65(60,50-28-9-3-10-29-50)51-30-11-4-12-31-51/h1-45H. The summed E-state index contributed by atoms with van der Waals surface area (Å²) in [5.41, 5.74) is 19.7. The predicted molar refractivity (Wildman–Crippen MR) is 278 cm³/mol. The zero-order valence-electron chi connectivity index (χ0n) is 36.4. The molecule has 12 rings (SSSR count). The maximum absolute atomic E-state index is 2.54. The largest absolute Gasteiger partial charge is 0.309 e. The van der Waals surface area contributed by atoms with Gasteiger partial charge in [-0.2, -0.15) is 0 Å². The van der Waals surface area contributed by atoms with Crippen LogP contribution in [0.15, 0.2) is 273 Å². The molecule has 0 saturated heterocycles. The van der Waals surface area contributed by atoms with Crippen molar-refractivity contribution < 1.29 is 0 Å². The van der Waals surface area contributed by atoms with E-state index in [9.17, 15) is 0 Å². The van der Waals surface area contributed by atoms with Crippen LogP contribution < -0.4 is 4.90 Å². The molecule has 0 unspecified atom stereocenters. The lowest BCUT2D eigenvalue weighted by Gasteiger charge is -2.35. The van der Waals surface area contributed by atoms with E-state index in [0.717, 1.165) is 17.1 Å². The fourth-order valence-corrected chi connectivity index (χ4v) is 10.8. The first-order valence-electron chi connectivity index (χ1n) is 22.8. The number of anilines is 3. The molecule has 1 aliphatic rings. The Labute approximate surface area is 387 Å². The summed E-state index contributed by atoms with van der Waals surface area (Å²) >= 11 is 0. The Kier molecular flexibility index (Phi) is 9.81. The topological polar surface area (TPSA) is 3.24 Å². The van der Waals surface area contributed by atoms with Crippen molar-refractivity contribution >= 4 is 27.8 Å². The molecule has 0 amide bonds. The van der Waals surface area contributed by atoms with Gasteiger partial charge in [-0.1, -0.05) is 249 Å². The molecule has 310 valence electrons. The SMILES string of the molecule is c1ccc(-c2ccccc2-c2c(-c3ccccc3)cccc2N(c2ccc(-c3cccc4ccccc34)cc2)c2cccc3c2-c2ccccc2C3(c2ccccc2)c2ccccc2)cc1. The monoisotopic (exact) mass is 839 g/mol. The van der Waals surface area contributed by atoms with Crippen LogP contribution in [0.5, 0.6) is 0 Å². The third kappa shape index (κ3) is 6.39. The highest BCUT2D eigenvalue weighted by Crippen LogP contribution is 2.60. The zero-order valence-corrected chi connectivity index (χ0v) is 36.4. The first-order valence-corrected chi connectivity index (χ1v) is 22.8. The fourth-order valence-electron chi connectivity index (χ4n) is 10.8. The summed E-state index contributed by atoms with van der Waals surface area (Å²) in [7, 11) is 0. The summed E-state index contributed by atoms with van der Waals surface area (Å²) in [6.07, 6.45) is 0. The van der Waals surface area contributed by atoms with Crippen LogP contribution in [-0.4, -0.2) is 0 Å². The fraction of sp³-hybridized carbons (Fsp3) is 0.0154. The van der Waals surface area contributed by atoms with Crippen molar-refractivity contribution in [1.82, 2.24) is 0 Å². The molecule has 0 aromatic heterocycles. The number of hydrogen-bond acceptors (Lipinski definition) is 1. The summed E-state index contributed by atoms with van der Waals surface area (Å²) < 4.78 is 0. The number of nitrogens with zero attached hydrogens (tertiary/aromatic N) is 1. The van der Waals surface area contributed by atoms with Gasteiger partial charge in [-0.15, -0.1) is 0 Å². The Bertz CT molecular complexity index is 3460. The minimum atomic E-state index is -0.553. The average molecular weight is 840 g/mol. The highest BCUT2D eigenvalue weighted by atomic mass is 15.1. The molecule has 0 spiro atoms. The quantitative estimate of drug-likeness (QED) is 0.140. The highest BCUT2D eigenvalue weighted by molar-refractivity contribution is 6.05. The normalized spacial score (nSPS) is 12.4. The van der Waals surface area contributed by atoms with Gasteiger partial charge >= 0.3 is 0 Å². The number of benzene rings is 11. The minimum Gasteiger partial charge on any atom is -0.309 e. The van der Waals surface area contributed by atoms with Crippen molar-refractivity contribution in [2.75, 3.05) is 4.90 Å². The van der Waals surface area contributed by atoms with Crippen molar-refractivity contribution in [1.29, 1.82) is 0 Å².